The van der Waals surface area contributed by atoms with Crippen LogP contribution in [-0.2, 0) is 36.2 Å². The molecule has 0 aromatic carbocycles. The number of carbonyl (C=O) groups is 1. The molecule has 0 N–H and O–H groups in total. The number of rotatable bonds is 4. The van der Waals surface area contributed by atoms with Gasteiger partial charge in [-0.1, -0.05) is 30.9 Å². The first-order valence-corrected chi connectivity index (χ1v) is 3.85. The van der Waals surface area contributed by atoms with Crippen LogP contribution in [0.2, 0.25) is 0 Å². The van der Waals surface area contributed by atoms with Crippen molar-refractivity contribution in [2.45, 2.75) is 13.3 Å². The first-order chi connectivity index (χ1) is 7.81. The van der Waals surface area contributed by atoms with Crippen molar-refractivity contribution in [2.75, 3.05) is 0 Å². The Bertz CT molecular complexity index is 208. The van der Waals surface area contributed by atoms with Gasteiger partial charge >= 0.3 is 0 Å². The Hall–Kier alpha value is -1.58. The minimum absolute atomic E-state index is 0. The summed E-state index contributed by atoms with van der Waals surface area (Å²) in [5.74, 6) is 0.0563. The van der Waals surface area contributed by atoms with Crippen molar-refractivity contribution in [3.63, 3.8) is 0 Å². The Morgan fingerprint density at radius 3 is 1.76 bits per heavy atom. The first-order valence-electron chi connectivity index (χ1n) is 3.85. The molecule has 0 aliphatic carbocycles. The molecule has 0 saturated heterocycles. The molecule has 4 nitrogen and oxygen atoms in total. The van der Waals surface area contributed by atoms with Crippen LogP contribution in [0.5, 0.6) is 0 Å². The van der Waals surface area contributed by atoms with Crippen LogP contribution in [0, 0.1) is 0 Å². The molecule has 0 amide bonds. The van der Waals surface area contributed by atoms with Gasteiger partial charge in [0.05, 0.1) is 0 Å². The minimum atomic E-state index is 0. The summed E-state index contributed by atoms with van der Waals surface area (Å²) in [6.45, 7) is 18.8. The third-order valence-electron chi connectivity index (χ3n) is 0.986. The van der Waals surface area contributed by atoms with Crippen LogP contribution in [0.25, 0.3) is 0 Å². The molecule has 0 unspecified atom stereocenters. The molecule has 0 bridgehead atoms. The number of ketones is 1. The van der Waals surface area contributed by atoms with Crippen molar-refractivity contribution in [1.29, 1.82) is 0 Å². The van der Waals surface area contributed by atoms with E-state index in [1.165, 1.54) is 6.08 Å². The smallest absolute Gasteiger partial charge is 0.281 e. The average molecular weight is 276 g/mol. The maximum Gasteiger partial charge on any atom is 0.281 e. The number of carbonyl (C=O) groups excluding carboxylic acids is 4. The van der Waals surface area contributed by atoms with E-state index in [1.807, 2.05) is 31.2 Å². The predicted octanol–water partition coefficient (Wildman–Crippen LogP) is 1.07. The summed E-state index contributed by atoms with van der Waals surface area (Å²) < 4.78 is 0. The third kappa shape index (κ3) is 54.0. The number of allylic oxidation sites excluding steroid dienone is 5. The van der Waals surface area contributed by atoms with E-state index in [1.54, 1.807) is 0 Å². The van der Waals surface area contributed by atoms with Crippen LogP contribution >= 0.6 is 0 Å². The zero-order valence-electron chi connectivity index (χ0n) is 9.29. The van der Waals surface area contributed by atoms with E-state index in [0.29, 0.717) is 6.42 Å². The molecule has 6 radical (unpaired) electrons. The van der Waals surface area contributed by atoms with Crippen molar-refractivity contribution < 1.29 is 36.2 Å². The Labute approximate surface area is 113 Å². The fourth-order valence-electron chi connectivity index (χ4n) is 0.457. The summed E-state index contributed by atoms with van der Waals surface area (Å²) in [6.07, 6.45) is 9.24. The van der Waals surface area contributed by atoms with E-state index in [9.17, 15) is 4.79 Å². The van der Waals surface area contributed by atoms with E-state index in [4.69, 9.17) is 14.4 Å². The molecule has 0 rings (SSSR count). The van der Waals surface area contributed by atoms with Gasteiger partial charge in [0.25, 0.3) is 20.4 Å². The van der Waals surface area contributed by atoms with Crippen LogP contribution in [0.3, 0.4) is 0 Å². The fourth-order valence-corrected chi connectivity index (χ4v) is 0.457. The van der Waals surface area contributed by atoms with E-state index < -0.39 is 0 Å². The van der Waals surface area contributed by atoms with Crippen molar-refractivity contribution in [2.24, 2.45) is 0 Å². The summed E-state index contributed by atoms with van der Waals surface area (Å²) >= 11 is 0. The number of hydrogen-bond acceptors (Lipinski definition) is 4. The van der Waals surface area contributed by atoms with Gasteiger partial charge in [-0.2, -0.15) is 0 Å². The van der Waals surface area contributed by atoms with Gasteiger partial charge in [0.1, 0.15) is 0 Å². The van der Waals surface area contributed by atoms with E-state index in [2.05, 4.69) is 26.9 Å². The second-order valence-electron chi connectivity index (χ2n) is 1.83. The Morgan fingerprint density at radius 2 is 1.47 bits per heavy atom. The molecule has 0 aliphatic heterocycles. The third-order valence-corrected chi connectivity index (χ3v) is 0.986. The summed E-state index contributed by atoms with van der Waals surface area (Å²) in [4.78, 5) is 33.1. The standard InChI is InChI=1S/C9H12O.3CO.Fe/c1-3-5-6-7-8-9(10)4-2;3*1-2;/h3-7H,2,8H2,1H3;;;;. The minimum Gasteiger partial charge on any atom is -0.295 e. The molecule has 0 saturated carbocycles. The van der Waals surface area contributed by atoms with Gasteiger partial charge in [-0.15, -0.1) is 0 Å². The zero-order valence-corrected chi connectivity index (χ0v) is 10.4. The molecule has 0 aromatic rings. The Kier molecular flexibility index (Phi) is 81.9. The van der Waals surface area contributed by atoms with Crippen molar-refractivity contribution >= 4 is 26.2 Å². The van der Waals surface area contributed by atoms with E-state index >= 15 is 0 Å². The van der Waals surface area contributed by atoms with Crippen LogP contribution < -0.4 is 0 Å². The maximum atomic E-state index is 10.6. The van der Waals surface area contributed by atoms with Crippen LogP contribution in [-0.4, -0.2) is 26.2 Å². The monoisotopic (exact) mass is 276 g/mol. The van der Waals surface area contributed by atoms with Gasteiger partial charge in [-0.3, -0.25) is 19.2 Å². The summed E-state index contributed by atoms with van der Waals surface area (Å²) in [7, 11) is 0. The number of hydrogen-bond donors (Lipinski definition) is 0. The Morgan fingerprint density at radius 1 is 1.06 bits per heavy atom. The van der Waals surface area contributed by atoms with E-state index in [0.717, 1.165) is 0 Å². The van der Waals surface area contributed by atoms with Crippen LogP contribution in [0.1, 0.15) is 13.3 Å². The predicted molar refractivity (Wildman–Crippen MR) is 60.9 cm³/mol. The van der Waals surface area contributed by atoms with Crippen LogP contribution in [0.4, 0.5) is 0 Å². The van der Waals surface area contributed by atoms with Crippen molar-refractivity contribution in [1.82, 2.24) is 0 Å². The fraction of sp³-hybridized carbons (Fsp3) is 0.167. The molecular weight excluding hydrogens is 264 g/mol. The topological polar surface area (TPSA) is 68.3 Å². The summed E-state index contributed by atoms with van der Waals surface area (Å²) in [5, 5.41) is 0. The molecule has 92 valence electrons. The maximum absolute atomic E-state index is 10.6. The quantitative estimate of drug-likeness (QED) is 0.437. The largest absolute Gasteiger partial charge is 0.295 e. The molecule has 0 spiro atoms. The van der Waals surface area contributed by atoms with Gasteiger partial charge in [-0.25, -0.2) is 0 Å². The molecule has 0 atom stereocenters. The molecule has 0 aliphatic rings. The van der Waals surface area contributed by atoms with Gasteiger partial charge in [0, 0.05) is 23.5 Å². The molecule has 17 heavy (non-hydrogen) atoms. The zero-order chi connectivity index (χ0) is 13.8. The SMILES string of the molecule is C=CC(=O)CC=CC=CC.[C]=O.[C]=O.[C]=O.[Fe]. The van der Waals surface area contributed by atoms with Gasteiger partial charge in [0.15, 0.2) is 5.78 Å². The second kappa shape index (κ2) is 47.2. The molecular formula is C12H12FeO4. The molecule has 0 fully saturated rings. The first kappa shape index (κ1) is 29.5. The summed E-state index contributed by atoms with van der Waals surface area (Å²) in [6, 6.07) is 0. The molecule has 5 heteroatoms. The molecule has 0 aromatic heterocycles. The van der Waals surface area contributed by atoms with E-state index in [-0.39, 0.29) is 22.9 Å². The van der Waals surface area contributed by atoms with Crippen LogP contribution in [0.15, 0.2) is 37.0 Å². The van der Waals surface area contributed by atoms with Gasteiger partial charge < -0.3 is 0 Å². The Balaban J connectivity index is -0.0000000594. The average Bonchev–Trinajstić information content (AvgIpc) is 2.41. The van der Waals surface area contributed by atoms with Crippen molar-refractivity contribution in [3.05, 3.63) is 37.0 Å². The normalized spacial score (nSPS) is 7.12. The molecule has 0 heterocycles. The van der Waals surface area contributed by atoms with Crippen molar-refractivity contribution in [3.8, 4) is 0 Å². The van der Waals surface area contributed by atoms with Gasteiger partial charge in [-0.05, 0) is 13.0 Å². The van der Waals surface area contributed by atoms with Gasteiger partial charge in [0.2, 0.25) is 0 Å². The summed E-state index contributed by atoms with van der Waals surface area (Å²) in [5.41, 5.74) is 0. The second-order valence-corrected chi connectivity index (χ2v) is 1.83.